The van der Waals surface area contributed by atoms with Crippen LogP contribution in [0.2, 0.25) is 0 Å². The molecule has 1 N–H and O–H groups in total. The number of aromatic nitrogens is 5. The van der Waals surface area contributed by atoms with Crippen molar-refractivity contribution in [2.75, 3.05) is 0 Å². The zero-order chi connectivity index (χ0) is 40.0. The molecule has 0 atom stereocenters. The van der Waals surface area contributed by atoms with E-state index in [1.165, 1.54) is 58.5 Å². The molecule has 0 unspecified atom stereocenters. The van der Waals surface area contributed by atoms with Gasteiger partial charge in [0, 0.05) is 80.5 Å². The highest BCUT2D eigenvalue weighted by molar-refractivity contribution is 7.26. The molecule has 61 heavy (non-hydrogen) atoms. The van der Waals surface area contributed by atoms with Gasteiger partial charge in [0.05, 0.1) is 11.0 Å². The topological polar surface area (TPSA) is 59.4 Å². The van der Waals surface area contributed by atoms with Crippen LogP contribution < -0.4 is 0 Å². The Hall–Kier alpha value is -7.93. The molecule has 0 saturated heterocycles. The van der Waals surface area contributed by atoms with Gasteiger partial charge in [-0.05, 0) is 59.0 Å². The van der Waals surface area contributed by atoms with Crippen LogP contribution in [0.25, 0.3) is 126 Å². The summed E-state index contributed by atoms with van der Waals surface area (Å²) in [7, 11) is 0. The molecule has 4 aromatic heterocycles. The van der Waals surface area contributed by atoms with Gasteiger partial charge in [0.2, 0.25) is 0 Å². The van der Waals surface area contributed by atoms with Crippen LogP contribution in [0.1, 0.15) is 0 Å². The van der Waals surface area contributed by atoms with Crippen LogP contribution in [-0.4, -0.2) is 24.5 Å². The van der Waals surface area contributed by atoms with Crippen molar-refractivity contribution < 1.29 is 0 Å². The molecule has 284 valence electrons. The minimum Gasteiger partial charge on any atom is -0.354 e. The van der Waals surface area contributed by atoms with Crippen molar-refractivity contribution in [3.8, 4) is 51.0 Å². The molecule has 13 aromatic rings. The highest BCUT2D eigenvalue weighted by atomic mass is 32.1. The third-order valence-electron chi connectivity index (χ3n) is 12.2. The molecule has 0 spiro atoms. The number of benzene rings is 9. The van der Waals surface area contributed by atoms with Gasteiger partial charge in [-0.2, -0.15) is 0 Å². The lowest BCUT2D eigenvalue weighted by Crippen LogP contribution is -2.00. The van der Waals surface area contributed by atoms with Crippen LogP contribution in [0.5, 0.6) is 0 Å². The minimum atomic E-state index is 0.644. The third kappa shape index (κ3) is 5.22. The molecule has 4 heterocycles. The number of aromatic amines is 1. The second kappa shape index (κ2) is 13.3. The van der Waals surface area contributed by atoms with Crippen molar-refractivity contribution in [2.24, 2.45) is 0 Å². The first-order valence-corrected chi connectivity index (χ1v) is 21.3. The predicted octanol–water partition coefficient (Wildman–Crippen LogP) is 14.8. The van der Waals surface area contributed by atoms with Crippen LogP contribution in [0.15, 0.2) is 194 Å². The molecular formula is C55H33N5S. The lowest BCUT2D eigenvalue weighted by atomic mass is 9.95. The minimum absolute atomic E-state index is 0.644. The fourth-order valence-corrected chi connectivity index (χ4v) is 10.7. The largest absolute Gasteiger partial charge is 0.354 e. The lowest BCUT2D eigenvalue weighted by molar-refractivity contribution is 1.08. The van der Waals surface area contributed by atoms with Crippen molar-refractivity contribution in [3.05, 3.63) is 194 Å². The third-order valence-corrected chi connectivity index (χ3v) is 13.3. The first-order chi connectivity index (χ1) is 30.2. The van der Waals surface area contributed by atoms with Crippen LogP contribution >= 0.6 is 11.3 Å². The van der Waals surface area contributed by atoms with E-state index in [1.54, 1.807) is 0 Å². The van der Waals surface area contributed by atoms with E-state index in [4.69, 9.17) is 15.0 Å². The van der Waals surface area contributed by atoms with Crippen molar-refractivity contribution in [1.29, 1.82) is 0 Å². The number of fused-ring (bicyclic) bond motifs is 11. The van der Waals surface area contributed by atoms with Gasteiger partial charge in [-0.1, -0.05) is 152 Å². The maximum atomic E-state index is 5.32. The van der Waals surface area contributed by atoms with Crippen LogP contribution in [-0.2, 0) is 0 Å². The Bertz CT molecular complexity index is 3880. The van der Waals surface area contributed by atoms with Crippen LogP contribution in [0.3, 0.4) is 0 Å². The zero-order valence-electron chi connectivity index (χ0n) is 32.7. The molecule has 0 radical (unpaired) electrons. The molecule has 9 aromatic carbocycles. The molecule has 5 nitrogen and oxygen atoms in total. The zero-order valence-corrected chi connectivity index (χ0v) is 33.5. The Morgan fingerprint density at radius 3 is 1.80 bits per heavy atom. The summed E-state index contributed by atoms with van der Waals surface area (Å²) in [4.78, 5) is 19.3. The maximum Gasteiger partial charge on any atom is 0.164 e. The molecule has 0 aliphatic rings. The first-order valence-electron chi connectivity index (χ1n) is 20.5. The SMILES string of the molecule is c1ccc(-c2nc(-c3cccc4[nH]c5ccccc5c34)nc(-c3cccc4sc5cc(-n6c7ccccc7c7cc(-c8ccccc8)c8ccccc8c76)ccc5c34)n2)cc1. The summed E-state index contributed by atoms with van der Waals surface area (Å²) >= 11 is 1.81. The number of nitrogens with zero attached hydrogens (tertiary/aromatic N) is 4. The summed E-state index contributed by atoms with van der Waals surface area (Å²) in [5.74, 6) is 1.94. The van der Waals surface area contributed by atoms with E-state index in [-0.39, 0.29) is 0 Å². The fourth-order valence-electron chi connectivity index (χ4n) is 9.51. The van der Waals surface area contributed by atoms with Gasteiger partial charge in [0.1, 0.15) is 0 Å². The van der Waals surface area contributed by atoms with Crippen molar-refractivity contribution >= 4 is 85.9 Å². The van der Waals surface area contributed by atoms with E-state index in [0.29, 0.717) is 17.5 Å². The second-order valence-electron chi connectivity index (χ2n) is 15.6. The normalized spacial score (nSPS) is 11.9. The van der Waals surface area contributed by atoms with Crippen LogP contribution in [0.4, 0.5) is 0 Å². The Morgan fingerprint density at radius 1 is 0.377 bits per heavy atom. The standard InChI is InChI=1S/C55H33N5S/c1-3-15-33(16-4-1)43-32-44-37-20-10-12-27-47(37)60(52(44)38-21-8-7-19-36(38)43)35-29-30-40-49(31-35)61-48-28-14-24-42(51(40)48)55-58-53(34-17-5-2-6-18-34)57-54(59-55)41-23-13-26-46-50(41)39-22-9-11-25-45(39)56-46/h1-32,56H. The lowest BCUT2D eigenvalue weighted by Gasteiger charge is -2.13. The number of hydrogen-bond acceptors (Lipinski definition) is 4. The fraction of sp³-hybridized carbons (Fsp3) is 0. The van der Waals surface area contributed by atoms with Gasteiger partial charge >= 0.3 is 0 Å². The quantitative estimate of drug-likeness (QED) is 0.189. The van der Waals surface area contributed by atoms with Gasteiger partial charge in [-0.25, -0.2) is 15.0 Å². The van der Waals surface area contributed by atoms with E-state index in [1.807, 2.05) is 29.5 Å². The Balaban J connectivity index is 1.03. The van der Waals surface area contributed by atoms with Gasteiger partial charge < -0.3 is 9.55 Å². The molecule has 0 aliphatic heterocycles. The molecular weight excluding hydrogens is 763 g/mol. The number of H-pyrrole nitrogens is 1. The van der Waals surface area contributed by atoms with E-state index in [0.717, 1.165) is 49.6 Å². The molecule has 0 fully saturated rings. The maximum absolute atomic E-state index is 5.32. The smallest absolute Gasteiger partial charge is 0.164 e. The van der Waals surface area contributed by atoms with Gasteiger partial charge in [-0.15, -0.1) is 11.3 Å². The average molecular weight is 796 g/mol. The van der Waals surface area contributed by atoms with E-state index < -0.39 is 0 Å². The molecule has 0 saturated carbocycles. The summed E-state index contributed by atoms with van der Waals surface area (Å²) < 4.78 is 4.85. The Labute approximate surface area is 353 Å². The number of nitrogens with one attached hydrogen (secondary N) is 1. The van der Waals surface area contributed by atoms with E-state index >= 15 is 0 Å². The summed E-state index contributed by atoms with van der Waals surface area (Å²) in [6, 6.07) is 69.2. The molecule has 0 aliphatic carbocycles. The van der Waals surface area contributed by atoms with Crippen molar-refractivity contribution in [2.45, 2.75) is 0 Å². The number of hydrogen-bond donors (Lipinski definition) is 1. The number of rotatable bonds is 5. The number of thiophene rings is 1. The van der Waals surface area contributed by atoms with Crippen molar-refractivity contribution in [1.82, 2.24) is 24.5 Å². The first kappa shape index (κ1) is 34.0. The summed E-state index contributed by atoms with van der Waals surface area (Å²) in [5.41, 5.74) is 11.0. The van der Waals surface area contributed by atoms with Gasteiger partial charge in [-0.3, -0.25) is 0 Å². The average Bonchev–Trinajstić information content (AvgIpc) is 4.01. The van der Waals surface area contributed by atoms with E-state index in [2.05, 4.69) is 185 Å². The molecule has 0 bridgehead atoms. The van der Waals surface area contributed by atoms with Crippen molar-refractivity contribution in [3.63, 3.8) is 0 Å². The second-order valence-corrected chi connectivity index (χ2v) is 16.7. The highest BCUT2D eigenvalue weighted by Gasteiger charge is 2.22. The molecule has 0 amide bonds. The number of para-hydroxylation sites is 2. The Morgan fingerprint density at radius 2 is 1.00 bits per heavy atom. The summed E-state index contributed by atoms with van der Waals surface area (Å²) in [6.07, 6.45) is 0. The summed E-state index contributed by atoms with van der Waals surface area (Å²) in [6.45, 7) is 0. The van der Waals surface area contributed by atoms with E-state index in [9.17, 15) is 0 Å². The highest BCUT2D eigenvalue weighted by Crippen LogP contribution is 2.44. The monoisotopic (exact) mass is 795 g/mol. The predicted molar refractivity (Wildman–Crippen MR) is 256 cm³/mol. The Kier molecular flexibility index (Phi) is 7.41. The van der Waals surface area contributed by atoms with Gasteiger partial charge in [0.15, 0.2) is 17.5 Å². The van der Waals surface area contributed by atoms with Gasteiger partial charge in [0.25, 0.3) is 0 Å². The van der Waals surface area contributed by atoms with Crippen LogP contribution in [0, 0.1) is 0 Å². The summed E-state index contributed by atoms with van der Waals surface area (Å²) in [5, 5.41) is 9.54. The molecule has 13 rings (SSSR count). The molecule has 6 heteroatoms.